The summed E-state index contributed by atoms with van der Waals surface area (Å²) >= 11 is 0. The van der Waals surface area contributed by atoms with E-state index in [0.29, 0.717) is 6.42 Å². The van der Waals surface area contributed by atoms with E-state index in [0.717, 1.165) is 50.4 Å². The van der Waals surface area contributed by atoms with Crippen LogP contribution in [0.3, 0.4) is 0 Å². The Morgan fingerprint density at radius 2 is 2.06 bits per heavy atom. The van der Waals surface area contributed by atoms with Crippen LogP contribution in [0.15, 0.2) is 5.16 Å². The number of carbonyl (C=O) groups is 3. The summed E-state index contributed by atoms with van der Waals surface area (Å²) in [6.45, 7) is 4.30. The van der Waals surface area contributed by atoms with Gasteiger partial charge < -0.3 is 30.3 Å². The van der Waals surface area contributed by atoms with Crippen molar-refractivity contribution in [2.24, 2.45) is 11.1 Å². The molecule has 1 unspecified atom stereocenters. The molecule has 1 fully saturated rings. The van der Waals surface area contributed by atoms with E-state index in [-0.39, 0.29) is 31.6 Å². The molecule has 0 aromatic rings. The molecule has 0 bridgehead atoms. The number of oxime groups is 1. The number of esters is 1. The zero-order valence-electron chi connectivity index (χ0n) is 18.6. The Labute approximate surface area is 183 Å². The van der Waals surface area contributed by atoms with Gasteiger partial charge in [-0.3, -0.25) is 4.79 Å². The molecule has 0 saturated carbocycles. The molecule has 2 aliphatic rings. The normalized spacial score (nSPS) is 19.7. The van der Waals surface area contributed by atoms with Crippen LogP contribution < -0.4 is 16.0 Å². The highest BCUT2D eigenvalue weighted by Crippen LogP contribution is 2.22. The Hall–Kier alpha value is -2.36. The number of unbranched alkanes of at least 4 members (excludes halogenated alkanes) is 1. The summed E-state index contributed by atoms with van der Waals surface area (Å²) < 4.78 is 9.68. The maximum absolute atomic E-state index is 12.3. The summed E-state index contributed by atoms with van der Waals surface area (Å²) in [5, 5.41) is 12.6. The quantitative estimate of drug-likeness (QED) is 0.310. The first kappa shape index (κ1) is 24.9. The van der Waals surface area contributed by atoms with Crippen LogP contribution >= 0.6 is 0 Å². The lowest BCUT2D eigenvalue weighted by Crippen LogP contribution is -2.49. The Morgan fingerprint density at radius 1 is 1.29 bits per heavy atom. The fourth-order valence-corrected chi connectivity index (χ4v) is 3.61. The molecule has 2 aliphatic heterocycles. The van der Waals surface area contributed by atoms with Crippen molar-refractivity contribution < 1.29 is 28.7 Å². The summed E-state index contributed by atoms with van der Waals surface area (Å²) in [5.41, 5.74) is 1.00. The Morgan fingerprint density at radius 3 is 2.77 bits per heavy atom. The van der Waals surface area contributed by atoms with Gasteiger partial charge in [0.05, 0.1) is 25.8 Å². The number of piperidine rings is 1. The van der Waals surface area contributed by atoms with Gasteiger partial charge in [0.25, 0.3) is 0 Å². The zero-order valence-corrected chi connectivity index (χ0v) is 18.6. The number of carbonyl (C=O) groups excluding carboxylic acids is 3. The first-order valence-electron chi connectivity index (χ1n) is 11.2. The Balaban J connectivity index is 1.66. The van der Waals surface area contributed by atoms with Crippen LogP contribution in [0.4, 0.5) is 4.79 Å². The molecule has 0 aromatic carbocycles. The van der Waals surface area contributed by atoms with E-state index < -0.39 is 18.1 Å². The lowest BCUT2D eigenvalue weighted by molar-refractivity contribution is -0.143. The van der Waals surface area contributed by atoms with Crippen LogP contribution in [0.1, 0.15) is 58.3 Å². The van der Waals surface area contributed by atoms with E-state index in [4.69, 9.17) is 9.57 Å². The molecular formula is C21H36N4O6. The van der Waals surface area contributed by atoms with Gasteiger partial charge in [-0.15, -0.1) is 0 Å². The van der Waals surface area contributed by atoms with E-state index in [9.17, 15) is 14.4 Å². The minimum Gasteiger partial charge on any atom is -0.467 e. The highest BCUT2D eigenvalue weighted by molar-refractivity contribution is 5.87. The van der Waals surface area contributed by atoms with Gasteiger partial charge >= 0.3 is 12.1 Å². The fraction of sp³-hybridized carbons (Fsp3) is 0.810. The smallest absolute Gasteiger partial charge is 0.407 e. The Kier molecular flexibility index (Phi) is 11.1. The number of hydrogen-bond donors (Lipinski definition) is 3. The molecule has 31 heavy (non-hydrogen) atoms. The van der Waals surface area contributed by atoms with Crippen molar-refractivity contribution in [3.8, 4) is 0 Å². The highest BCUT2D eigenvalue weighted by Gasteiger charge is 2.27. The number of methoxy groups -OCH3 is 1. The van der Waals surface area contributed by atoms with Gasteiger partial charge in [-0.1, -0.05) is 18.5 Å². The average molecular weight is 441 g/mol. The SMILES string of the molecule is CCCCOC(=O)N[C@@H](CNC(=O)CC1CC(CCC2CCNCC2)=NO1)C(=O)OC. The van der Waals surface area contributed by atoms with Crippen molar-refractivity contribution >= 4 is 23.7 Å². The van der Waals surface area contributed by atoms with Crippen LogP contribution in [0.25, 0.3) is 0 Å². The summed E-state index contributed by atoms with van der Waals surface area (Å²) in [7, 11) is 1.22. The molecule has 1 saturated heterocycles. The number of ether oxygens (including phenoxy) is 2. The van der Waals surface area contributed by atoms with Crippen molar-refractivity contribution in [3.05, 3.63) is 0 Å². The molecule has 0 radical (unpaired) electrons. The lowest BCUT2D eigenvalue weighted by atomic mass is 9.91. The van der Waals surface area contributed by atoms with Gasteiger partial charge in [-0.2, -0.15) is 0 Å². The van der Waals surface area contributed by atoms with Gasteiger partial charge in [-0.05, 0) is 51.1 Å². The number of rotatable bonds is 12. The summed E-state index contributed by atoms with van der Waals surface area (Å²) in [6.07, 6.45) is 5.77. The molecule has 0 spiro atoms. The first-order valence-corrected chi connectivity index (χ1v) is 11.2. The molecule has 176 valence electrons. The number of amides is 2. The third-order valence-corrected chi connectivity index (χ3v) is 5.52. The van der Waals surface area contributed by atoms with Crippen LogP contribution in [0.5, 0.6) is 0 Å². The topological polar surface area (TPSA) is 127 Å². The predicted molar refractivity (Wildman–Crippen MR) is 115 cm³/mol. The standard InChI is InChI=1S/C21H36N4O6/c1-3-4-11-30-21(28)24-18(20(27)29-2)14-23-19(26)13-17-12-16(25-31-17)6-5-15-7-9-22-10-8-15/h15,17-18,22H,3-14H2,1-2H3,(H,23,26)(H,24,28)/t17?,18-/m0/s1. The van der Waals surface area contributed by atoms with E-state index in [1.165, 1.54) is 20.0 Å². The number of nitrogens with one attached hydrogen (secondary N) is 3. The second-order valence-electron chi connectivity index (χ2n) is 8.04. The van der Waals surface area contributed by atoms with E-state index in [1.54, 1.807) is 0 Å². The van der Waals surface area contributed by atoms with Crippen molar-refractivity contribution in [3.63, 3.8) is 0 Å². The van der Waals surface area contributed by atoms with Crippen molar-refractivity contribution in [2.45, 2.75) is 70.4 Å². The third kappa shape index (κ3) is 9.54. The van der Waals surface area contributed by atoms with Crippen molar-refractivity contribution in [2.75, 3.05) is 33.4 Å². The van der Waals surface area contributed by atoms with Crippen LogP contribution in [-0.4, -0.2) is 69.2 Å². The maximum Gasteiger partial charge on any atom is 0.407 e. The fourth-order valence-electron chi connectivity index (χ4n) is 3.61. The minimum atomic E-state index is -1.02. The molecule has 2 heterocycles. The number of alkyl carbamates (subject to hydrolysis) is 1. The van der Waals surface area contributed by atoms with E-state index in [2.05, 4.69) is 25.8 Å². The van der Waals surface area contributed by atoms with Crippen molar-refractivity contribution in [1.82, 2.24) is 16.0 Å². The molecule has 2 atom stereocenters. The van der Waals surface area contributed by atoms with Gasteiger partial charge in [0.2, 0.25) is 5.91 Å². The minimum absolute atomic E-state index is 0.0927. The zero-order chi connectivity index (χ0) is 22.5. The number of nitrogens with zero attached hydrogens (tertiary/aromatic N) is 1. The monoisotopic (exact) mass is 440 g/mol. The van der Waals surface area contributed by atoms with Gasteiger partial charge in [0.1, 0.15) is 12.1 Å². The van der Waals surface area contributed by atoms with Crippen LogP contribution in [0.2, 0.25) is 0 Å². The summed E-state index contributed by atoms with van der Waals surface area (Å²) in [5.74, 6) is -0.217. The van der Waals surface area contributed by atoms with Gasteiger partial charge in [0, 0.05) is 13.0 Å². The largest absolute Gasteiger partial charge is 0.467 e. The Bertz CT molecular complexity index is 621. The molecule has 0 aliphatic carbocycles. The van der Waals surface area contributed by atoms with Gasteiger partial charge in [0.15, 0.2) is 0 Å². The van der Waals surface area contributed by atoms with Crippen LogP contribution in [-0.2, 0) is 23.9 Å². The van der Waals surface area contributed by atoms with E-state index in [1.807, 2.05) is 6.92 Å². The summed E-state index contributed by atoms with van der Waals surface area (Å²) in [6, 6.07) is -1.02. The second-order valence-corrected chi connectivity index (χ2v) is 8.04. The molecule has 2 amide bonds. The average Bonchev–Trinajstić information content (AvgIpc) is 3.22. The maximum atomic E-state index is 12.3. The lowest BCUT2D eigenvalue weighted by Gasteiger charge is -2.22. The molecule has 2 rings (SSSR count). The van der Waals surface area contributed by atoms with Gasteiger partial charge in [-0.25, -0.2) is 9.59 Å². The van der Waals surface area contributed by atoms with Crippen molar-refractivity contribution in [1.29, 1.82) is 0 Å². The highest BCUT2D eigenvalue weighted by atomic mass is 16.6. The molecular weight excluding hydrogens is 404 g/mol. The third-order valence-electron chi connectivity index (χ3n) is 5.52. The summed E-state index contributed by atoms with van der Waals surface area (Å²) in [4.78, 5) is 41.4. The number of hydrogen-bond acceptors (Lipinski definition) is 8. The molecule has 10 heteroatoms. The second kappa shape index (κ2) is 13.8. The molecule has 0 aromatic heterocycles. The predicted octanol–water partition coefficient (Wildman–Crippen LogP) is 1.49. The van der Waals surface area contributed by atoms with Crippen LogP contribution in [0, 0.1) is 5.92 Å². The first-order chi connectivity index (χ1) is 15.0. The molecule has 3 N–H and O–H groups in total. The molecule has 10 nitrogen and oxygen atoms in total. The van der Waals surface area contributed by atoms with E-state index >= 15 is 0 Å².